The molecule has 1 amide bonds. The van der Waals surface area contributed by atoms with Crippen molar-refractivity contribution in [2.45, 2.75) is 6.92 Å². The number of carbonyl (C=O) groups excluding carboxylic acids is 2. The lowest BCUT2D eigenvalue weighted by Gasteiger charge is -2.10. The van der Waals surface area contributed by atoms with Crippen molar-refractivity contribution in [3.8, 4) is 5.75 Å². The molecule has 6 nitrogen and oxygen atoms in total. The molecule has 18 heavy (non-hydrogen) atoms. The maximum atomic E-state index is 11.5. The minimum absolute atomic E-state index is 0.165. The molecule has 0 fully saturated rings. The van der Waals surface area contributed by atoms with Crippen LogP contribution in [0.15, 0.2) is 18.2 Å². The summed E-state index contributed by atoms with van der Waals surface area (Å²) < 4.78 is 9.87. The van der Waals surface area contributed by atoms with Crippen molar-refractivity contribution >= 4 is 17.6 Å². The summed E-state index contributed by atoms with van der Waals surface area (Å²) in [4.78, 5) is 22.8. The number of amides is 1. The van der Waals surface area contributed by atoms with Crippen LogP contribution in [0.25, 0.3) is 0 Å². The fourth-order valence-electron chi connectivity index (χ4n) is 1.33. The third kappa shape index (κ3) is 3.65. The van der Waals surface area contributed by atoms with Crippen LogP contribution in [0.2, 0.25) is 0 Å². The zero-order valence-corrected chi connectivity index (χ0v) is 10.4. The van der Waals surface area contributed by atoms with Crippen LogP contribution in [0.4, 0.5) is 5.69 Å². The van der Waals surface area contributed by atoms with E-state index in [0.717, 1.165) is 0 Å². The average molecular weight is 252 g/mol. The van der Waals surface area contributed by atoms with Crippen molar-refractivity contribution in [3.63, 3.8) is 0 Å². The van der Waals surface area contributed by atoms with Crippen molar-refractivity contribution in [1.29, 1.82) is 0 Å². The highest BCUT2D eigenvalue weighted by molar-refractivity contribution is 5.93. The van der Waals surface area contributed by atoms with Crippen LogP contribution >= 0.6 is 0 Å². The van der Waals surface area contributed by atoms with E-state index in [9.17, 15) is 9.59 Å². The van der Waals surface area contributed by atoms with Crippen LogP contribution in [-0.4, -0.2) is 32.1 Å². The van der Waals surface area contributed by atoms with Gasteiger partial charge in [-0.1, -0.05) is 0 Å². The number of nitrogen functional groups attached to an aromatic ring is 1. The second-order valence-electron chi connectivity index (χ2n) is 3.49. The molecule has 0 aliphatic carbocycles. The van der Waals surface area contributed by atoms with Gasteiger partial charge in [0, 0.05) is 12.2 Å². The van der Waals surface area contributed by atoms with Gasteiger partial charge in [0.1, 0.15) is 11.3 Å². The molecule has 1 aromatic rings. The van der Waals surface area contributed by atoms with Crippen molar-refractivity contribution in [2.75, 3.05) is 26.0 Å². The molecule has 98 valence electrons. The maximum Gasteiger partial charge on any atom is 0.341 e. The summed E-state index contributed by atoms with van der Waals surface area (Å²) in [7, 11) is 1.26. The van der Waals surface area contributed by atoms with Crippen molar-refractivity contribution in [2.24, 2.45) is 0 Å². The molecule has 0 saturated carbocycles. The highest BCUT2D eigenvalue weighted by atomic mass is 16.5. The Morgan fingerprint density at radius 3 is 2.72 bits per heavy atom. The first-order valence-corrected chi connectivity index (χ1v) is 5.45. The Morgan fingerprint density at radius 2 is 2.11 bits per heavy atom. The van der Waals surface area contributed by atoms with Crippen LogP contribution in [0.3, 0.4) is 0 Å². The molecule has 0 radical (unpaired) electrons. The lowest BCUT2D eigenvalue weighted by molar-refractivity contribution is -0.123. The van der Waals surface area contributed by atoms with Gasteiger partial charge in [0.2, 0.25) is 0 Å². The first-order valence-electron chi connectivity index (χ1n) is 5.45. The molecule has 1 rings (SSSR count). The van der Waals surface area contributed by atoms with Gasteiger partial charge in [0.05, 0.1) is 7.11 Å². The number of esters is 1. The number of nitrogens with one attached hydrogen (secondary N) is 1. The Morgan fingerprint density at radius 1 is 1.39 bits per heavy atom. The van der Waals surface area contributed by atoms with E-state index >= 15 is 0 Å². The van der Waals surface area contributed by atoms with Gasteiger partial charge >= 0.3 is 5.97 Å². The van der Waals surface area contributed by atoms with Gasteiger partial charge in [-0.3, -0.25) is 4.79 Å². The minimum atomic E-state index is -0.562. The zero-order valence-electron chi connectivity index (χ0n) is 10.4. The number of hydrogen-bond donors (Lipinski definition) is 2. The Bertz CT molecular complexity index is 446. The first-order chi connectivity index (χ1) is 8.58. The van der Waals surface area contributed by atoms with Gasteiger partial charge < -0.3 is 20.5 Å². The fraction of sp³-hybridized carbons (Fsp3) is 0.333. The highest BCUT2D eigenvalue weighted by Gasteiger charge is 2.14. The molecule has 0 bridgehead atoms. The molecule has 0 unspecified atom stereocenters. The second kappa shape index (κ2) is 6.48. The van der Waals surface area contributed by atoms with E-state index in [0.29, 0.717) is 12.2 Å². The van der Waals surface area contributed by atoms with Crippen LogP contribution in [0.1, 0.15) is 17.3 Å². The van der Waals surface area contributed by atoms with E-state index < -0.39 is 5.97 Å². The summed E-state index contributed by atoms with van der Waals surface area (Å²) in [5, 5.41) is 2.59. The molecule has 0 atom stereocenters. The number of nitrogens with two attached hydrogens (primary N) is 1. The predicted octanol–water partition coefficient (Wildman–Crippen LogP) is 0.570. The van der Waals surface area contributed by atoms with Crippen LogP contribution in [0, 0.1) is 0 Å². The van der Waals surface area contributed by atoms with Crippen molar-refractivity contribution in [3.05, 3.63) is 23.8 Å². The normalized spacial score (nSPS) is 9.67. The summed E-state index contributed by atoms with van der Waals surface area (Å²) in [5.41, 5.74) is 6.19. The molecule has 0 aromatic heterocycles. The van der Waals surface area contributed by atoms with E-state index in [1.807, 2.05) is 0 Å². The number of benzene rings is 1. The topological polar surface area (TPSA) is 90.6 Å². The number of likely N-dealkylation sites (N-methyl/N-ethyl adjacent to an activating group) is 1. The van der Waals surface area contributed by atoms with Gasteiger partial charge in [-0.15, -0.1) is 0 Å². The molecule has 0 heterocycles. The van der Waals surface area contributed by atoms with Crippen LogP contribution in [0.5, 0.6) is 5.75 Å². The van der Waals surface area contributed by atoms with Gasteiger partial charge in [-0.2, -0.15) is 0 Å². The van der Waals surface area contributed by atoms with E-state index in [1.54, 1.807) is 13.0 Å². The molecule has 0 saturated heterocycles. The molecule has 3 N–H and O–H groups in total. The molecule has 1 aromatic carbocycles. The summed E-state index contributed by atoms with van der Waals surface area (Å²) >= 11 is 0. The number of carbonyl (C=O) groups is 2. The minimum Gasteiger partial charge on any atom is -0.483 e. The Kier molecular flexibility index (Phi) is 4.98. The van der Waals surface area contributed by atoms with Crippen LogP contribution in [-0.2, 0) is 9.53 Å². The number of ether oxygens (including phenoxy) is 2. The predicted molar refractivity (Wildman–Crippen MR) is 66.4 cm³/mol. The van der Waals surface area contributed by atoms with Crippen molar-refractivity contribution in [1.82, 2.24) is 5.32 Å². The third-order valence-electron chi connectivity index (χ3n) is 2.14. The van der Waals surface area contributed by atoms with E-state index in [-0.39, 0.29) is 23.8 Å². The van der Waals surface area contributed by atoms with Gasteiger partial charge in [-0.25, -0.2) is 4.79 Å². The fourth-order valence-corrected chi connectivity index (χ4v) is 1.33. The largest absolute Gasteiger partial charge is 0.483 e. The molecule has 0 spiro atoms. The van der Waals surface area contributed by atoms with Crippen LogP contribution < -0.4 is 15.8 Å². The number of methoxy groups -OCH3 is 1. The second-order valence-corrected chi connectivity index (χ2v) is 3.49. The Balaban J connectivity index is 2.81. The average Bonchev–Trinajstić information content (AvgIpc) is 2.36. The molecule has 0 aliphatic heterocycles. The number of anilines is 1. The summed E-state index contributed by atoms with van der Waals surface area (Å²) in [5.74, 6) is -0.555. The number of rotatable bonds is 5. The van der Waals surface area contributed by atoms with Gasteiger partial charge in [0.25, 0.3) is 5.91 Å². The summed E-state index contributed by atoms with van der Waals surface area (Å²) in [6.07, 6.45) is 0. The van der Waals surface area contributed by atoms with Gasteiger partial charge in [-0.05, 0) is 25.1 Å². The quantitative estimate of drug-likeness (QED) is 0.590. The Labute approximate surface area is 105 Å². The lowest BCUT2D eigenvalue weighted by atomic mass is 10.2. The zero-order chi connectivity index (χ0) is 13.5. The summed E-state index contributed by atoms with van der Waals surface area (Å²) in [6.45, 7) is 2.16. The molecular formula is C12H16N2O4. The van der Waals surface area contributed by atoms with Gasteiger partial charge in [0.15, 0.2) is 6.61 Å². The Hall–Kier alpha value is -2.24. The first kappa shape index (κ1) is 13.8. The lowest BCUT2D eigenvalue weighted by Crippen LogP contribution is -2.28. The number of hydrogen-bond acceptors (Lipinski definition) is 5. The van der Waals surface area contributed by atoms with E-state index in [4.69, 9.17) is 10.5 Å². The van der Waals surface area contributed by atoms with Crippen molar-refractivity contribution < 1.29 is 19.1 Å². The highest BCUT2D eigenvalue weighted by Crippen LogP contribution is 2.22. The van der Waals surface area contributed by atoms with E-state index in [2.05, 4.69) is 10.1 Å². The standard InChI is InChI=1S/C12H16N2O4/c1-3-14-11(15)7-18-10-5-4-8(13)6-9(10)12(16)17-2/h4-6H,3,7,13H2,1-2H3,(H,14,15). The summed E-state index contributed by atoms with van der Waals surface area (Å²) in [6, 6.07) is 4.55. The monoisotopic (exact) mass is 252 g/mol. The smallest absolute Gasteiger partial charge is 0.341 e. The third-order valence-corrected chi connectivity index (χ3v) is 2.14. The van der Waals surface area contributed by atoms with E-state index in [1.165, 1.54) is 19.2 Å². The molecule has 6 heteroatoms. The SMILES string of the molecule is CCNC(=O)COc1ccc(N)cc1C(=O)OC. The molecular weight excluding hydrogens is 236 g/mol. The molecule has 0 aliphatic rings. The maximum absolute atomic E-state index is 11.5.